The van der Waals surface area contributed by atoms with Gasteiger partial charge in [-0.25, -0.2) is 9.48 Å². The lowest BCUT2D eigenvalue weighted by molar-refractivity contribution is 0.189. The summed E-state index contributed by atoms with van der Waals surface area (Å²) < 4.78 is 7.98. The molecule has 6 nitrogen and oxygen atoms in total. The molecule has 0 radical (unpaired) electrons. The first kappa shape index (κ1) is 22.2. The lowest BCUT2D eigenvalue weighted by Gasteiger charge is -2.25. The lowest BCUT2D eigenvalue weighted by atomic mass is 10.1. The second-order valence-corrected chi connectivity index (χ2v) is 8.99. The fraction of sp³-hybridized carbons (Fsp3) is 0.360. The third-order valence-corrected chi connectivity index (χ3v) is 5.71. The Labute approximate surface area is 194 Å². The van der Waals surface area contributed by atoms with Crippen molar-refractivity contribution in [3.05, 3.63) is 65.2 Å². The van der Waals surface area contributed by atoms with Gasteiger partial charge in [0.05, 0.1) is 17.1 Å². The van der Waals surface area contributed by atoms with Gasteiger partial charge in [-0.2, -0.15) is 5.10 Å². The van der Waals surface area contributed by atoms with Crippen LogP contribution in [0.15, 0.2) is 54.6 Å². The normalized spacial score (nSPS) is 13.3. The molecule has 0 bridgehead atoms. The number of rotatable bonds is 8. The molecule has 0 saturated heterocycles. The monoisotopic (exact) mass is 452 g/mol. The number of urea groups is 1. The van der Waals surface area contributed by atoms with E-state index in [1.165, 1.54) is 0 Å². The van der Waals surface area contributed by atoms with Crippen LogP contribution in [0.1, 0.15) is 32.3 Å². The largest absolute Gasteiger partial charge is 0.437 e. The first-order valence-corrected chi connectivity index (χ1v) is 11.4. The number of halogens is 1. The number of carbonyl (C=O) groups is 1. The Bertz CT molecular complexity index is 1080. The van der Waals surface area contributed by atoms with E-state index in [1.807, 2.05) is 74.3 Å². The maximum Gasteiger partial charge on any atom is 0.317 e. The number of nitrogens with zero attached hydrogens (tertiary/aromatic N) is 3. The molecule has 1 saturated carbocycles. The highest BCUT2D eigenvalue weighted by Crippen LogP contribution is 2.37. The van der Waals surface area contributed by atoms with Gasteiger partial charge in [0.2, 0.25) is 5.88 Å². The number of para-hydroxylation sites is 1. The Morgan fingerprint density at radius 2 is 1.88 bits per heavy atom. The third-order valence-electron chi connectivity index (χ3n) is 5.40. The molecule has 4 rings (SSSR count). The molecule has 1 heterocycles. The Kier molecular flexibility index (Phi) is 6.70. The van der Waals surface area contributed by atoms with Crippen molar-refractivity contribution in [3.63, 3.8) is 0 Å². The molecule has 168 valence electrons. The molecule has 0 aliphatic heterocycles. The van der Waals surface area contributed by atoms with Crippen LogP contribution in [0.25, 0.3) is 11.3 Å². The van der Waals surface area contributed by atoms with Crippen LogP contribution in [0.3, 0.4) is 0 Å². The summed E-state index contributed by atoms with van der Waals surface area (Å²) in [5.74, 6) is 1.69. The zero-order valence-corrected chi connectivity index (χ0v) is 19.5. The summed E-state index contributed by atoms with van der Waals surface area (Å²) >= 11 is 6.36. The quantitative estimate of drug-likeness (QED) is 0.465. The van der Waals surface area contributed by atoms with Gasteiger partial charge < -0.3 is 15.0 Å². The molecule has 2 aromatic carbocycles. The molecule has 1 fully saturated rings. The van der Waals surface area contributed by atoms with Gasteiger partial charge in [0.1, 0.15) is 11.4 Å². The van der Waals surface area contributed by atoms with Crippen LogP contribution in [-0.4, -0.2) is 33.3 Å². The highest BCUT2D eigenvalue weighted by molar-refractivity contribution is 6.32. The van der Waals surface area contributed by atoms with E-state index in [2.05, 4.69) is 5.32 Å². The first-order chi connectivity index (χ1) is 15.4. The molecule has 1 aromatic heterocycles. The van der Waals surface area contributed by atoms with E-state index in [-0.39, 0.29) is 12.1 Å². The van der Waals surface area contributed by atoms with E-state index < -0.39 is 0 Å². The molecule has 2 amide bonds. The van der Waals surface area contributed by atoms with Gasteiger partial charge in [-0.1, -0.05) is 54.1 Å². The Hall–Kier alpha value is -2.99. The van der Waals surface area contributed by atoms with Crippen LogP contribution in [0.2, 0.25) is 5.02 Å². The summed E-state index contributed by atoms with van der Waals surface area (Å²) in [6, 6.07) is 17.3. The van der Waals surface area contributed by atoms with Gasteiger partial charge >= 0.3 is 6.03 Å². The smallest absolute Gasteiger partial charge is 0.317 e. The van der Waals surface area contributed by atoms with Crippen molar-refractivity contribution in [1.82, 2.24) is 20.0 Å². The molecule has 7 heteroatoms. The number of hydrogen-bond donors (Lipinski definition) is 1. The van der Waals surface area contributed by atoms with Crippen LogP contribution in [0, 0.1) is 5.92 Å². The summed E-state index contributed by atoms with van der Waals surface area (Å²) in [6.45, 7) is 5.05. The summed E-state index contributed by atoms with van der Waals surface area (Å²) in [5, 5.41) is 8.32. The van der Waals surface area contributed by atoms with Gasteiger partial charge in [-0.15, -0.1) is 0 Å². The van der Waals surface area contributed by atoms with Crippen molar-refractivity contribution in [2.75, 3.05) is 6.54 Å². The Morgan fingerprint density at radius 3 is 2.53 bits per heavy atom. The molecule has 1 aliphatic carbocycles. The zero-order valence-electron chi connectivity index (χ0n) is 18.7. The second-order valence-electron chi connectivity index (χ2n) is 8.58. The van der Waals surface area contributed by atoms with Gasteiger partial charge in [-0.3, -0.25) is 0 Å². The van der Waals surface area contributed by atoms with Crippen LogP contribution >= 0.6 is 11.6 Å². The molecular weight excluding hydrogens is 424 g/mol. The first-order valence-electron chi connectivity index (χ1n) is 11.0. The highest BCUT2D eigenvalue weighted by atomic mass is 35.5. The van der Waals surface area contributed by atoms with E-state index in [0.29, 0.717) is 35.7 Å². The molecule has 1 aliphatic rings. The lowest BCUT2D eigenvalue weighted by Crippen LogP contribution is -2.43. The highest BCUT2D eigenvalue weighted by Gasteiger charge is 2.30. The molecule has 32 heavy (non-hydrogen) atoms. The maximum atomic E-state index is 13.0. The van der Waals surface area contributed by atoms with Crippen molar-refractivity contribution in [2.24, 2.45) is 13.0 Å². The number of ether oxygens (including phenoxy) is 1. The van der Waals surface area contributed by atoms with Crippen molar-refractivity contribution in [2.45, 2.75) is 39.3 Å². The fourth-order valence-electron chi connectivity index (χ4n) is 3.64. The van der Waals surface area contributed by atoms with Gasteiger partial charge in [-0.05, 0) is 44.7 Å². The number of aromatic nitrogens is 2. The standard InChI is InChI=1S/C25H29ClN4O2/c1-17(2)27-25(31)30(15-18-13-14-18)16-20-23(19-9-5-4-6-10-19)28-29(3)24(20)32-22-12-8-7-11-21(22)26/h4-12,17-18H,13-16H2,1-3H3,(H,27,31). The average molecular weight is 453 g/mol. The van der Waals surface area contributed by atoms with Gasteiger partial charge in [0.25, 0.3) is 0 Å². The molecule has 0 atom stereocenters. The van der Waals surface area contributed by atoms with Gasteiger partial charge in [0, 0.05) is 25.2 Å². The van der Waals surface area contributed by atoms with Crippen molar-refractivity contribution in [1.29, 1.82) is 0 Å². The predicted molar refractivity (Wildman–Crippen MR) is 127 cm³/mol. The Morgan fingerprint density at radius 1 is 1.19 bits per heavy atom. The summed E-state index contributed by atoms with van der Waals surface area (Å²) in [5.41, 5.74) is 2.63. The van der Waals surface area contributed by atoms with Crippen molar-refractivity contribution >= 4 is 17.6 Å². The number of benzene rings is 2. The maximum absolute atomic E-state index is 13.0. The van der Waals surface area contributed by atoms with E-state index in [4.69, 9.17) is 21.4 Å². The molecule has 1 N–H and O–H groups in total. The van der Waals surface area contributed by atoms with Crippen molar-refractivity contribution in [3.8, 4) is 22.9 Å². The van der Waals surface area contributed by atoms with Crippen LogP contribution in [0.5, 0.6) is 11.6 Å². The van der Waals surface area contributed by atoms with Gasteiger partial charge in [0.15, 0.2) is 0 Å². The number of hydrogen-bond acceptors (Lipinski definition) is 3. The number of aryl methyl sites for hydroxylation is 1. The van der Waals surface area contributed by atoms with E-state index >= 15 is 0 Å². The second kappa shape index (κ2) is 9.65. The SMILES string of the molecule is CC(C)NC(=O)N(Cc1c(-c2ccccc2)nn(C)c1Oc1ccccc1Cl)CC1CC1. The van der Waals surface area contributed by atoms with Crippen LogP contribution < -0.4 is 10.1 Å². The zero-order chi connectivity index (χ0) is 22.7. The third kappa shape index (κ3) is 5.25. The number of carbonyl (C=O) groups excluding carboxylic acids is 1. The predicted octanol–water partition coefficient (Wildman–Crippen LogP) is 5.86. The van der Waals surface area contributed by atoms with E-state index in [9.17, 15) is 4.79 Å². The summed E-state index contributed by atoms with van der Waals surface area (Å²) in [6.07, 6.45) is 2.32. The molecule has 0 unspecified atom stereocenters. The van der Waals surface area contributed by atoms with E-state index in [1.54, 1.807) is 10.7 Å². The fourth-order valence-corrected chi connectivity index (χ4v) is 3.82. The minimum absolute atomic E-state index is 0.0607. The number of nitrogens with one attached hydrogen (secondary N) is 1. The summed E-state index contributed by atoms with van der Waals surface area (Å²) in [7, 11) is 1.85. The van der Waals surface area contributed by atoms with Crippen LogP contribution in [-0.2, 0) is 13.6 Å². The topological polar surface area (TPSA) is 59.4 Å². The molecule has 0 spiro atoms. The minimum atomic E-state index is -0.0709. The summed E-state index contributed by atoms with van der Waals surface area (Å²) in [4.78, 5) is 14.9. The average Bonchev–Trinajstić information content (AvgIpc) is 3.54. The Balaban J connectivity index is 1.74. The van der Waals surface area contributed by atoms with Crippen molar-refractivity contribution < 1.29 is 9.53 Å². The molecular formula is C25H29ClN4O2. The number of amides is 2. The molecule has 3 aromatic rings. The van der Waals surface area contributed by atoms with Crippen LogP contribution in [0.4, 0.5) is 4.79 Å². The van der Waals surface area contributed by atoms with E-state index in [0.717, 1.165) is 29.7 Å². The minimum Gasteiger partial charge on any atom is -0.437 e.